The molecule has 0 fully saturated rings. The third-order valence-corrected chi connectivity index (χ3v) is 3.50. The first kappa shape index (κ1) is 13.0. The first-order valence-corrected chi connectivity index (χ1v) is 6.26. The molecule has 15 heavy (non-hydrogen) atoms. The van der Waals surface area contributed by atoms with Crippen LogP contribution in [0.3, 0.4) is 0 Å². The lowest BCUT2D eigenvalue weighted by Crippen LogP contribution is -2.32. The zero-order valence-electron chi connectivity index (χ0n) is 7.58. The van der Waals surface area contributed by atoms with Crippen molar-refractivity contribution in [1.82, 2.24) is 3.53 Å². The highest BCUT2D eigenvalue weighted by molar-refractivity contribution is 14.1. The number of carboxylic acids is 1. The van der Waals surface area contributed by atoms with Crippen molar-refractivity contribution >= 4 is 51.4 Å². The van der Waals surface area contributed by atoms with Crippen molar-refractivity contribution in [1.29, 1.82) is 0 Å². The van der Waals surface area contributed by atoms with Crippen molar-refractivity contribution in [2.45, 2.75) is 12.5 Å². The van der Waals surface area contributed by atoms with Crippen molar-refractivity contribution in [3.05, 3.63) is 27.3 Å². The number of aromatic hydroxyl groups is 1. The molecule has 0 radical (unpaired) electrons. The Kier molecular flexibility index (Phi) is 5.06. The number of hydrogen-bond donors (Lipinski definition) is 3. The van der Waals surface area contributed by atoms with Crippen LogP contribution in [0.5, 0.6) is 5.75 Å². The van der Waals surface area contributed by atoms with Gasteiger partial charge in [-0.1, -0.05) is 6.07 Å². The summed E-state index contributed by atoms with van der Waals surface area (Å²) in [5.41, 5.74) is 0.883. The van der Waals surface area contributed by atoms with E-state index >= 15 is 0 Å². The van der Waals surface area contributed by atoms with Crippen molar-refractivity contribution in [3.63, 3.8) is 0 Å². The Labute approximate surface area is 115 Å². The smallest absolute Gasteiger partial charge is 0.321 e. The van der Waals surface area contributed by atoms with E-state index in [0.29, 0.717) is 6.42 Å². The van der Waals surface area contributed by atoms with Crippen molar-refractivity contribution in [3.8, 4) is 5.75 Å². The number of phenolic OH excluding ortho intramolecular Hbond substituents is 1. The lowest BCUT2D eigenvalue weighted by Gasteiger charge is -2.10. The maximum Gasteiger partial charge on any atom is 0.321 e. The predicted octanol–water partition coefficient (Wildman–Crippen LogP) is 1.93. The molecule has 0 heterocycles. The molecule has 4 nitrogen and oxygen atoms in total. The molecule has 6 heteroatoms. The second-order valence-electron chi connectivity index (χ2n) is 2.99. The third kappa shape index (κ3) is 3.76. The zero-order valence-corrected chi connectivity index (χ0v) is 11.9. The van der Waals surface area contributed by atoms with Gasteiger partial charge in [-0.15, -0.1) is 0 Å². The molecular weight excluding hydrogens is 424 g/mol. The number of nitrogens with one attached hydrogen (secondary N) is 1. The minimum Gasteiger partial charge on any atom is -0.507 e. The van der Waals surface area contributed by atoms with E-state index in [1.165, 1.54) is 0 Å². The molecule has 3 N–H and O–H groups in total. The first-order chi connectivity index (χ1) is 7.04. The Bertz CT molecular complexity index is 370. The molecular formula is C9H9I2NO3. The number of benzene rings is 1. The van der Waals surface area contributed by atoms with E-state index in [2.05, 4.69) is 3.53 Å². The van der Waals surface area contributed by atoms with Gasteiger partial charge in [0.1, 0.15) is 11.8 Å². The highest BCUT2D eigenvalue weighted by Gasteiger charge is 2.16. The Morgan fingerprint density at radius 1 is 1.53 bits per heavy atom. The van der Waals surface area contributed by atoms with Crippen LogP contribution in [0.4, 0.5) is 0 Å². The van der Waals surface area contributed by atoms with Crippen LogP contribution in [0.15, 0.2) is 18.2 Å². The van der Waals surface area contributed by atoms with Gasteiger partial charge in [0.15, 0.2) is 0 Å². The fourth-order valence-corrected chi connectivity index (χ4v) is 2.15. The van der Waals surface area contributed by atoms with Crippen LogP contribution in [0.1, 0.15) is 5.56 Å². The van der Waals surface area contributed by atoms with Gasteiger partial charge in [0.05, 0.1) is 3.57 Å². The van der Waals surface area contributed by atoms with E-state index < -0.39 is 12.0 Å². The number of phenols is 1. The lowest BCUT2D eigenvalue weighted by atomic mass is 10.1. The molecule has 1 atom stereocenters. The van der Waals surface area contributed by atoms with Crippen LogP contribution in [0.25, 0.3) is 0 Å². The maximum atomic E-state index is 10.8. The molecule has 0 saturated heterocycles. The monoisotopic (exact) mass is 433 g/mol. The fraction of sp³-hybridized carbons (Fsp3) is 0.222. The van der Waals surface area contributed by atoms with Gasteiger partial charge in [0.2, 0.25) is 0 Å². The van der Waals surface area contributed by atoms with E-state index in [9.17, 15) is 9.90 Å². The summed E-state index contributed by atoms with van der Waals surface area (Å²) in [6.07, 6.45) is 0.397. The Morgan fingerprint density at radius 3 is 2.67 bits per heavy atom. The molecule has 0 aromatic heterocycles. The molecule has 0 amide bonds. The number of aliphatic carboxylic acids is 1. The number of rotatable bonds is 4. The van der Waals surface area contributed by atoms with E-state index in [0.717, 1.165) is 9.13 Å². The first-order valence-electron chi connectivity index (χ1n) is 4.11. The summed E-state index contributed by atoms with van der Waals surface area (Å²) in [6.45, 7) is 0. The third-order valence-electron chi connectivity index (χ3n) is 1.88. The number of halogens is 2. The van der Waals surface area contributed by atoms with E-state index in [4.69, 9.17) is 5.11 Å². The van der Waals surface area contributed by atoms with Gasteiger partial charge >= 0.3 is 5.97 Å². The molecule has 0 bridgehead atoms. The summed E-state index contributed by atoms with van der Waals surface area (Å²) in [5, 5.41) is 18.1. The van der Waals surface area contributed by atoms with Gasteiger partial charge in [-0.05, 0) is 46.7 Å². The molecule has 1 unspecified atom stereocenters. The van der Waals surface area contributed by atoms with Crippen molar-refractivity contribution in [2.24, 2.45) is 0 Å². The van der Waals surface area contributed by atoms with Crippen molar-refractivity contribution < 1.29 is 15.0 Å². The molecule has 1 rings (SSSR count). The summed E-state index contributed by atoms with van der Waals surface area (Å²) in [6, 6.07) is 4.47. The van der Waals surface area contributed by atoms with Gasteiger partial charge in [-0.2, -0.15) is 0 Å². The summed E-state index contributed by atoms with van der Waals surface area (Å²) >= 11 is 3.83. The van der Waals surface area contributed by atoms with Gasteiger partial charge in [-0.3, -0.25) is 4.79 Å². The Morgan fingerprint density at radius 2 is 2.20 bits per heavy atom. The van der Waals surface area contributed by atoms with E-state index in [-0.39, 0.29) is 5.75 Å². The molecule has 0 aliphatic heterocycles. The van der Waals surface area contributed by atoms with Crippen LogP contribution >= 0.6 is 45.5 Å². The minimum atomic E-state index is -0.882. The molecule has 0 aliphatic rings. The van der Waals surface area contributed by atoms with E-state index in [1.54, 1.807) is 18.2 Å². The summed E-state index contributed by atoms with van der Waals surface area (Å²) < 4.78 is 3.41. The van der Waals surface area contributed by atoms with Gasteiger partial charge in [-0.25, -0.2) is 3.53 Å². The largest absolute Gasteiger partial charge is 0.507 e. The average molecular weight is 433 g/mol. The highest BCUT2D eigenvalue weighted by Crippen LogP contribution is 2.21. The standard InChI is InChI=1S/C9H9I2NO3/c10-6-3-5(1-2-8(6)13)4-7(12-11)9(14)15/h1-3,7,12-13H,4H2,(H,14,15). The lowest BCUT2D eigenvalue weighted by molar-refractivity contribution is -0.138. The minimum absolute atomic E-state index is 0.216. The van der Waals surface area contributed by atoms with Gasteiger partial charge in [0, 0.05) is 22.9 Å². The van der Waals surface area contributed by atoms with Crippen LogP contribution in [0.2, 0.25) is 0 Å². The summed E-state index contributed by atoms with van der Waals surface area (Å²) in [4.78, 5) is 10.8. The average Bonchev–Trinajstić information content (AvgIpc) is 2.19. The topological polar surface area (TPSA) is 69.6 Å². The number of hydrogen-bond acceptors (Lipinski definition) is 3. The molecule has 1 aromatic carbocycles. The Hall–Kier alpha value is -0.0900. The number of carbonyl (C=O) groups is 1. The van der Waals surface area contributed by atoms with E-state index in [1.807, 2.05) is 45.5 Å². The van der Waals surface area contributed by atoms with Gasteiger partial charge in [0.25, 0.3) is 0 Å². The SMILES string of the molecule is O=C(O)C(Cc1ccc(O)c(I)c1)NI. The molecule has 0 saturated carbocycles. The summed E-state index contributed by atoms with van der Waals surface area (Å²) in [5.74, 6) is -0.666. The molecule has 0 aliphatic carbocycles. The maximum absolute atomic E-state index is 10.8. The fourth-order valence-electron chi connectivity index (χ4n) is 1.09. The second-order valence-corrected chi connectivity index (χ2v) is 4.77. The van der Waals surface area contributed by atoms with Crippen molar-refractivity contribution in [2.75, 3.05) is 0 Å². The molecule has 0 spiro atoms. The van der Waals surface area contributed by atoms with Crippen LogP contribution in [-0.4, -0.2) is 22.2 Å². The summed E-state index contributed by atoms with van der Waals surface area (Å²) in [7, 11) is 0. The van der Waals surface area contributed by atoms with Crippen LogP contribution < -0.4 is 3.53 Å². The molecule has 82 valence electrons. The quantitative estimate of drug-likeness (QED) is 0.502. The molecule has 1 aromatic rings. The zero-order chi connectivity index (χ0) is 11.4. The normalized spacial score (nSPS) is 12.4. The predicted molar refractivity (Wildman–Crippen MR) is 73.1 cm³/mol. The second kappa shape index (κ2) is 5.85. The van der Waals surface area contributed by atoms with Crippen LogP contribution in [-0.2, 0) is 11.2 Å². The van der Waals surface area contributed by atoms with Crippen LogP contribution in [0, 0.1) is 3.57 Å². The highest BCUT2D eigenvalue weighted by atomic mass is 127. The van der Waals surface area contributed by atoms with Gasteiger partial charge < -0.3 is 10.2 Å². The Balaban J connectivity index is 2.80. The number of carboxylic acid groups (broad SMARTS) is 1.